The molecule has 9 nitrogen and oxygen atoms in total. The zero-order valence-corrected chi connectivity index (χ0v) is 13.1. The van der Waals surface area contributed by atoms with Crippen LogP contribution in [-0.2, 0) is 10.1 Å². The molecule has 0 saturated heterocycles. The Kier molecular flexibility index (Phi) is 2.99. The van der Waals surface area contributed by atoms with E-state index in [0.717, 1.165) is 6.07 Å². The molecular weight excluding hydrogens is 350 g/mol. The molecule has 10 heteroatoms. The Morgan fingerprint density at radius 1 is 1.16 bits per heavy atom. The maximum atomic E-state index is 12.4. The fourth-order valence-electron chi connectivity index (χ4n) is 2.75. The summed E-state index contributed by atoms with van der Waals surface area (Å²) in [5.74, 6) is -1.13. The molecule has 126 valence electrons. The number of carboxylic acids is 1. The molecule has 0 atom stereocenters. The maximum absolute atomic E-state index is 12.4. The molecule has 2 aromatic carbocycles. The minimum Gasteiger partial charge on any atom is -0.478 e. The minimum absolute atomic E-state index is 0.00950. The highest BCUT2D eigenvalue weighted by molar-refractivity contribution is 7.85. The van der Waals surface area contributed by atoms with Gasteiger partial charge in [0, 0.05) is 5.39 Å². The summed E-state index contributed by atoms with van der Waals surface area (Å²) in [5.41, 5.74) is 0.638. The molecule has 0 radical (unpaired) electrons. The van der Waals surface area contributed by atoms with E-state index in [0.29, 0.717) is 16.4 Å². The Bertz CT molecular complexity index is 1370. The van der Waals surface area contributed by atoms with Crippen molar-refractivity contribution in [3.05, 3.63) is 52.4 Å². The predicted molar refractivity (Wildman–Crippen MR) is 87.6 cm³/mol. The normalized spacial score (nSPS) is 12.2. The standard InChI is InChI=1S/C15H9N3O6S/c19-14(20)7-1-4-12-11(5-7)16-13-9-6-8(25(22,23)24)2-3-10(9)17-15(21)18(12)13/h1-6H,(H,17,21)(H,19,20)(H,22,23,24). The van der Waals surface area contributed by atoms with Crippen LogP contribution in [0.2, 0.25) is 0 Å². The first-order valence-electron chi connectivity index (χ1n) is 6.95. The van der Waals surface area contributed by atoms with Crippen LogP contribution in [0, 0.1) is 0 Å². The molecule has 0 spiro atoms. The number of benzene rings is 2. The Labute approximate surface area is 138 Å². The van der Waals surface area contributed by atoms with Gasteiger partial charge in [0.2, 0.25) is 0 Å². The number of H-pyrrole nitrogens is 1. The van der Waals surface area contributed by atoms with Crippen molar-refractivity contribution < 1.29 is 22.9 Å². The van der Waals surface area contributed by atoms with Gasteiger partial charge in [0.25, 0.3) is 10.1 Å². The maximum Gasteiger partial charge on any atom is 0.335 e. The van der Waals surface area contributed by atoms with Crippen molar-refractivity contribution in [1.82, 2.24) is 14.4 Å². The van der Waals surface area contributed by atoms with E-state index in [2.05, 4.69) is 9.97 Å². The number of imidazole rings is 1. The van der Waals surface area contributed by atoms with Crippen molar-refractivity contribution in [3.8, 4) is 0 Å². The van der Waals surface area contributed by atoms with Gasteiger partial charge in [0.15, 0.2) is 5.65 Å². The van der Waals surface area contributed by atoms with Crippen LogP contribution in [0.15, 0.2) is 46.1 Å². The average molecular weight is 359 g/mol. The van der Waals surface area contributed by atoms with E-state index in [-0.39, 0.29) is 21.6 Å². The van der Waals surface area contributed by atoms with Crippen molar-refractivity contribution in [2.24, 2.45) is 0 Å². The van der Waals surface area contributed by atoms with Crippen LogP contribution in [0.25, 0.3) is 27.6 Å². The monoisotopic (exact) mass is 359 g/mol. The third kappa shape index (κ3) is 2.27. The zero-order valence-electron chi connectivity index (χ0n) is 12.3. The first-order chi connectivity index (χ1) is 11.8. The number of nitrogens with zero attached hydrogens (tertiary/aromatic N) is 2. The number of carbonyl (C=O) groups is 1. The third-order valence-electron chi connectivity index (χ3n) is 3.88. The Balaban J connectivity index is 2.20. The zero-order chi connectivity index (χ0) is 17.9. The van der Waals surface area contributed by atoms with Gasteiger partial charge in [0.05, 0.1) is 27.0 Å². The molecule has 0 aliphatic rings. The molecule has 2 aromatic heterocycles. The lowest BCUT2D eigenvalue weighted by Crippen LogP contribution is -2.16. The van der Waals surface area contributed by atoms with E-state index in [1.54, 1.807) is 0 Å². The van der Waals surface area contributed by atoms with Crippen molar-refractivity contribution in [2.45, 2.75) is 4.90 Å². The summed E-state index contributed by atoms with van der Waals surface area (Å²) in [5, 5.41) is 9.37. The lowest BCUT2D eigenvalue weighted by Gasteiger charge is -2.03. The second kappa shape index (κ2) is 4.88. The van der Waals surface area contributed by atoms with Crippen LogP contribution in [0.1, 0.15) is 10.4 Å². The second-order valence-electron chi connectivity index (χ2n) is 5.39. The van der Waals surface area contributed by atoms with Gasteiger partial charge >= 0.3 is 11.7 Å². The molecule has 2 heterocycles. The van der Waals surface area contributed by atoms with E-state index >= 15 is 0 Å². The van der Waals surface area contributed by atoms with Gasteiger partial charge in [-0.2, -0.15) is 8.42 Å². The van der Waals surface area contributed by atoms with Crippen LogP contribution < -0.4 is 5.69 Å². The fourth-order valence-corrected chi connectivity index (χ4v) is 3.26. The molecule has 0 unspecified atom stereocenters. The number of fused-ring (bicyclic) bond motifs is 5. The summed E-state index contributed by atoms with van der Waals surface area (Å²) in [6.07, 6.45) is 0. The van der Waals surface area contributed by atoms with Gasteiger partial charge in [-0.15, -0.1) is 0 Å². The molecule has 3 N–H and O–H groups in total. The summed E-state index contributed by atoms with van der Waals surface area (Å²) in [7, 11) is -4.43. The van der Waals surface area contributed by atoms with Crippen molar-refractivity contribution in [3.63, 3.8) is 0 Å². The number of aromatic amines is 1. The van der Waals surface area contributed by atoms with Crippen LogP contribution in [-0.4, -0.2) is 38.4 Å². The first kappa shape index (κ1) is 15.3. The van der Waals surface area contributed by atoms with E-state index in [4.69, 9.17) is 5.11 Å². The topological polar surface area (TPSA) is 142 Å². The molecule has 0 saturated carbocycles. The highest BCUT2D eigenvalue weighted by Crippen LogP contribution is 2.24. The Morgan fingerprint density at radius 2 is 1.92 bits per heavy atom. The molecular formula is C15H9N3O6S. The minimum atomic E-state index is -4.43. The number of nitrogens with one attached hydrogen (secondary N) is 1. The van der Waals surface area contributed by atoms with Crippen LogP contribution in [0.4, 0.5) is 0 Å². The van der Waals surface area contributed by atoms with Gasteiger partial charge in [0.1, 0.15) is 0 Å². The summed E-state index contributed by atoms with van der Waals surface area (Å²) in [6, 6.07) is 7.82. The molecule has 4 aromatic rings. The summed E-state index contributed by atoms with van der Waals surface area (Å²) >= 11 is 0. The number of hydrogen-bond acceptors (Lipinski definition) is 5. The smallest absolute Gasteiger partial charge is 0.335 e. The fraction of sp³-hybridized carbons (Fsp3) is 0. The van der Waals surface area contributed by atoms with Gasteiger partial charge in [-0.25, -0.2) is 19.0 Å². The Hall–Kier alpha value is -3.24. The van der Waals surface area contributed by atoms with E-state index in [1.165, 1.54) is 34.7 Å². The van der Waals surface area contributed by atoms with Crippen molar-refractivity contribution in [1.29, 1.82) is 0 Å². The van der Waals surface area contributed by atoms with E-state index < -0.39 is 21.8 Å². The SMILES string of the molecule is O=C(O)c1ccc2c(c1)nc1c3cc(S(=O)(=O)O)ccc3[nH]c(=O)n21. The number of aromatic nitrogens is 3. The molecule has 0 fully saturated rings. The lowest BCUT2D eigenvalue weighted by molar-refractivity contribution is 0.0697. The van der Waals surface area contributed by atoms with Gasteiger partial charge in [-0.3, -0.25) is 4.55 Å². The summed E-state index contributed by atoms with van der Waals surface area (Å²) in [4.78, 5) is 30.0. The molecule has 4 rings (SSSR count). The average Bonchev–Trinajstić information content (AvgIpc) is 2.93. The number of hydrogen-bond donors (Lipinski definition) is 3. The number of aromatic carboxylic acids is 1. The van der Waals surface area contributed by atoms with Gasteiger partial charge < -0.3 is 10.1 Å². The van der Waals surface area contributed by atoms with Crippen LogP contribution in [0.5, 0.6) is 0 Å². The largest absolute Gasteiger partial charge is 0.478 e. The Morgan fingerprint density at radius 3 is 2.60 bits per heavy atom. The first-order valence-corrected chi connectivity index (χ1v) is 8.39. The van der Waals surface area contributed by atoms with Crippen molar-refractivity contribution in [2.75, 3.05) is 0 Å². The van der Waals surface area contributed by atoms with Crippen LogP contribution in [0.3, 0.4) is 0 Å². The molecule has 25 heavy (non-hydrogen) atoms. The van der Waals surface area contributed by atoms with E-state index in [9.17, 15) is 22.6 Å². The summed E-state index contributed by atoms with van der Waals surface area (Å²) in [6.45, 7) is 0. The van der Waals surface area contributed by atoms with Crippen LogP contribution >= 0.6 is 0 Å². The van der Waals surface area contributed by atoms with Gasteiger partial charge in [-0.1, -0.05) is 0 Å². The second-order valence-corrected chi connectivity index (χ2v) is 6.81. The molecule has 0 amide bonds. The lowest BCUT2D eigenvalue weighted by atomic mass is 10.2. The molecule has 0 aliphatic carbocycles. The predicted octanol–water partition coefficient (Wildman–Crippen LogP) is 1.27. The quantitative estimate of drug-likeness (QED) is 0.458. The highest BCUT2D eigenvalue weighted by Gasteiger charge is 2.16. The number of rotatable bonds is 2. The van der Waals surface area contributed by atoms with E-state index in [1.807, 2.05) is 0 Å². The van der Waals surface area contributed by atoms with Crippen molar-refractivity contribution >= 4 is 43.7 Å². The highest BCUT2D eigenvalue weighted by atomic mass is 32.2. The third-order valence-corrected chi connectivity index (χ3v) is 4.73. The number of carboxylic acid groups (broad SMARTS) is 1. The molecule has 0 aliphatic heterocycles. The van der Waals surface area contributed by atoms with Gasteiger partial charge in [-0.05, 0) is 36.4 Å². The molecule has 0 bridgehead atoms. The summed E-state index contributed by atoms with van der Waals surface area (Å²) < 4.78 is 33.2.